The quantitative estimate of drug-likeness (QED) is 0.844. The smallest absolute Gasteiger partial charge is 0.246 e. The Bertz CT molecular complexity index is 394. The SMILES string of the molecule is CC1CC(NC(=O)COCc2ccccc2)CCN1. The summed E-state index contributed by atoms with van der Waals surface area (Å²) < 4.78 is 5.42. The van der Waals surface area contributed by atoms with Crippen LogP contribution in [0.5, 0.6) is 0 Å². The van der Waals surface area contributed by atoms with Crippen molar-refractivity contribution in [2.45, 2.75) is 38.5 Å². The van der Waals surface area contributed by atoms with Crippen LogP contribution in [0.3, 0.4) is 0 Å². The number of carbonyl (C=O) groups is 1. The van der Waals surface area contributed by atoms with Gasteiger partial charge in [0, 0.05) is 12.1 Å². The van der Waals surface area contributed by atoms with Crippen molar-refractivity contribution in [2.24, 2.45) is 0 Å². The Morgan fingerprint density at radius 1 is 1.42 bits per heavy atom. The maximum absolute atomic E-state index is 11.8. The van der Waals surface area contributed by atoms with Gasteiger partial charge in [0.15, 0.2) is 0 Å². The van der Waals surface area contributed by atoms with Crippen molar-refractivity contribution in [3.05, 3.63) is 35.9 Å². The van der Waals surface area contributed by atoms with Crippen LogP contribution in [0.1, 0.15) is 25.3 Å². The first-order valence-electron chi connectivity index (χ1n) is 6.88. The molecule has 1 aliphatic rings. The number of hydrogen-bond acceptors (Lipinski definition) is 3. The van der Waals surface area contributed by atoms with Gasteiger partial charge in [-0.15, -0.1) is 0 Å². The van der Waals surface area contributed by atoms with Crippen LogP contribution < -0.4 is 10.6 Å². The summed E-state index contributed by atoms with van der Waals surface area (Å²) >= 11 is 0. The van der Waals surface area contributed by atoms with Crippen LogP contribution in [-0.4, -0.2) is 31.1 Å². The van der Waals surface area contributed by atoms with Crippen molar-refractivity contribution in [2.75, 3.05) is 13.2 Å². The highest BCUT2D eigenvalue weighted by Gasteiger charge is 2.19. The molecule has 4 heteroatoms. The van der Waals surface area contributed by atoms with Gasteiger partial charge in [0.2, 0.25) is 5.91 Å². The molecule has 0 aromatic heterocycles. The molecule has 19 heavy (non-hydrogen) atoms. The van der Waals surface area contributed by atoms with Crippen molar-refractivity contribution in [3.63, 3.8) is 0 Å². The third-order valence-corrected chi connectivity index (χ3v) is 3.33. The molecule has 4 nitrogen and oxygen atoms in total. The maximum Gasteiger partial charge on any atom is 0.246 e. The number of hydrogen-bond donors (Lipinski definition) is 2. The first-order chi connectivity index (χ1) is 9.24. The fourth-order valence-electron chi connectivity index (χ4n) is 2.37. The largest absolute Gasteiger partial charge is 0.367 e. The van der Waals surface area contributed by atoms with E-state index in [1.54, 1.807) is 0 Å². The van der Waals surface area contributed by atoms with Gasteiger partial charge in [0.05, 0.1) is 6.61 Å². The number of ether oxygens (including phenoxy) is 1. The molecule has 0 radical (unpaired) electrons. The van der Waals surface area contributed by atoms with Crippen LogP contribution in [0.15, 0.2) is 30.3 Å². The Kier molecular flexibility index (Phi) is 5.36. The molecular weight excluding hydrogens is 240 g/mol. The fraction of sp³-hybridized carbons (Fsp3) is 0.533. The van der Waals surface area contributed by atoms with Gasteiger partial charge >= 0.3 is 0 Å². The van der Waals surface area contributed by atoms with Crippen LogP contribution in [0.25, 0.3) is 0 Å². The average molecular weight is 262 g/mol. The van der Waals surface area contributed by atoms with Gasteiger partial charge in [-0.05, 0) is 31.9 Å². The summed E-state index contributed by atoms with van der Waals surface area (Å²) in [4.78, 5) is 11.8. The molecule has 0 saturated carbocycles. The lowest BCUT2D eigenvalue weighted by molar-refractivity contribution is -0.127. The van der Waals surface area contributed by atoms with E-state index in [1.165, 1.54) is 0 Å². The minimum absolute atomic E-state index is 0.0185. The van der Waals surface area contributed by atoms with Gasteiger partial charge in [-0.25, -0.2) is 0 Å². The summed E-state index contributed by atoms with van der Waals surface area (Å²) in [5.41, 5.74) is 1.09. The zero-order valence-corrected chi connectivity index (χ0v) is 11.4. The molecule has 1 aromatic rings. The molecule has 0 spiro atoms. The van der Waals surface area contributed by atoms with Gasteiger partial charge in [-0.2, -0.15) is 0 Å². The van der Waals surface area contributed by atoms with Crippen molar-refractivity contribution in [1.29, 1.82) is 0 Å². The Hall–Kier alpha value is -1.39. The van der Waals surface area contributed by atoms with Crippen LogP contribution in [0.2, 0.25) is 0 Å². The molecule has 104 valence electrons. The molecule has 1 aromatic carbocycles. The van der Waals surface area contributed by atoms with Gasteiger partial charge in [-0.1, -0.05) is 30.3 Å². The summed E-state index contributed by atoms with van der Waals surface area (Å²) in [7, 11) is 0. The lowest BCUT2D eigenvalue weighted by Gasteiger charge is -2.28. The van der Waals surface area contributed by atoms with E-state index in [-0.39, 0.29) is 18.6 Å². The van der Waals surface area contributed by atoms with Gasteiger partial charge in [-0.3, -0.25) is 4.79 Å². The second kappa shape index (κ2) is 7.26. The predicted octanol–water partition coefficient (Wildman–Crippen LogP) is 1.46. The van der Waals surface area contributed by atoms with Crippen molar-refractivity contribution >= 4 is 5.91 Å². The minimum atomic E-state index is -0.0185. The number of piperidine rings is 1. The number of amides is 1. The monoisotopic (exact) mass is 262 g/mol. The Balaban J connectivity index is 1.64. The predicted molar refractivity (Wildman–Crippen MR) is 74.7 cm³/mol. The Labute approximate surface area is 114 Å². The molecule has 1 heterocycles. The van der Waals surface area contributed by atoms with E-state index in [0.29, 0.717) is 12.6 Å². The number of carbonyl (C=O) groups excluding carboxylic acids is 1. The topological polar surface area (TPSA) is 50.4 Å². The normalized spacial score (nSPS) is 23.0. The molecule has 2 N–H and O–H groups in total. The Morgan fingerprint density at radius 2 is 2.21 bits per heavy atom. The lowest BCUT2D eigenvalue weighted by Crippen LogP contribution is -2.47. The van der Waals surface area contributed by atoms with Crippen LogP contribution in [0.4, 0.5) is 0 Å². The summed E-state index contributed by atoms with van der Waals surface area (Å²) in [6, 6.07) is 10.6. The van der Waals surface area contributed by atoms with E-state index < -0.39 is 0 Å². The molecule has 2 rings (SSSR count). The second-order valence-corrected chi connectivity index (χ2v) is 5.12. The van der Waals surface area contributed by atoms with E-state index in [1.807, 2.05) is 30.3 Å². The third kappa shape index (κ3) is 5.01. The zero-order chi connectivity index (χ0) is 13.5. The van der Waals surface area contributed by atoms with E-state index in [2.05, 4.69) is 17.6 Å². The van der Waals surface area contributed by atoms with E-state index in [4.69, 9.17) is 4.74 Å². The van der Waals surface area contributed by atoms with E-state index >= 15 is 0 Å². The average Bonchev–Trinajstić information content (AvgIpc) is 2.40. The molecule has 0 bridgehead atoms. The molecule has 1 fully saturated rings. The molecule has 1 amide bonds. The summed E-state index contributed by atoms with van der Waals surface area (Å²) in [6.45, 7) is 3.73. The van der Waals surface area contributed by atoms with Gasteiger partial charge in [0.25, 0.3) is 0 Å². The number of rotatable bonds is 5. The summed E-state index contributed by atoms with van der Waals surface area (Å²) in [5.74, 6) is -0.0185. The molecule has 2 unspecified atom stereocenters. The first kappa shape index (κ1) is 14.0. The summed E-state index contributed by atoms with van der Waals surface area (Å²) in [5, 5.41) is 6.40. The third-order valence-electron chi connectivity index (χ3n) is 3.33. The molecule has 0 aliphatic carbocycles. The number of benzene rings is 1. The van der Waals surface area contributed by atoms with Crippen LogP contribution in [-0.2, 0) is 16.1 Å². The molecule has 2 atom stereocenters. The minimum Gasteiger partial charge on any atom is -0.367 e. The standard InChI is InChI=1S/C15H22N2O2/c1-12-9-14(7-8-16-12)17-15(18)11-19-10-13-5-3-2-4-6-13/h2-6,12,14,16H,7-11H2,1H3,(H,17,18). The number of nitrogens with one attached hydrogen (secondary N) is 2. The van der Waals surface area contributed by atoms with Gasteiger partial charge < -0.3 is 15.4 Å². The highest BCUT2D eigenvalue weighted by molar-refractivity contribution is 5.77. The Morgan fingerprint density at radius 3 is 2.95 bits per heavy atom. The van der Waals surface area contributed by atoms with Crippen LogP contribution >= 0.6 is 0 Å². The highest BCUT2D eigenvalue weighted by Crippen LogP contribution is 2.08. The van der Waals surface area contributed by atoms with Crippen molar-refractivity contribution in [3.8, 4) is 0 Å². The first-order valence-corrected chi connectivity index (χ1v) is 6.88. The second-order valence-electron chi connectivity index (χ2n) is 5.12. The molecular formula is C15H22N2O2. The van der Waals surface area contributed by atoms with Crippen LogP contribution in [0, 0.1) is 0 Å². The molecule has 1 aliphatic heterocycles. The van der Waals surface area contributed by atoms with Crippen molar-refractivity contribution in [1.82, 2.24) is 10.6 Å². The van der Waals surface area contributed by atoms with E-state index in [9.17, 15) is 4.79 Å². The summed E-state index contributed by atoms with van der Waals surface area (Å²) in [6.07, 6.45) is 1.99. The van der Waals surface area contributed by atoms with E-state index in [0.717, 1.165) is 24.9 Å². The molecule has 1 saturated heterocycles. The highest BCUT2D eigenvalue weighted by atomic mass is 16.5. The maximum atomic E-state index is 11.8. The fourth-order valence-corrected chi connectivity index (χ4v) is 2.37. The zero-order valence-electron chi connectivity index (χ0n) is 11.4. The van der Waals surface area contributed by atoms with Gasteiger partial charge in [0.1, 0.15) is 6.61 Å². The van der Waals surface area contributed by atoms with Crippen molar-refractivity contribution < 1.29 is 9.53 Å². The lowest BCUT2D eigenvalue weighted by atomic mass is 10.0.